The Hall–Kier alpha value is -1.92. The Morgan fingerprint density at radius 2 is 2.14 bits per heavy atom. The van der Waals surface area contributed by atoms with E-state index in [1.807, 2.05) is 12.3 Å². The van der Waals surface area contributed by atoms with E-state index >= 15 is 0 Å². The summed E-state index contributed by atoms with van der Waals surface area (Å²) in [6.45, 7) is 2.00. The van der Waals surface area contributed by atoms with Gasteiger partial charge in [0, 0.05) is 11.6 Å². The van der Waals surface area contributed by atoms with Gasteiger partial charge in [-0.25, -0.2) is 4.98 Å². The van der Waals surface area contributed by atoms with Crippen LogP contribution in [0.3, 0.4) is 0 Å². The van der Waals surface area contributed by atoms with Gasteiger partial charge in [-0.1, -0.05) is 19.1 Å². The van der Waals surface area contributed by atoms with E-state index in [1.54, 1.807) is 30.5 Å². The molecule has 112 valence electrons. The van der Waals surface area contributed by atoms with Crippen LogP contribution >= 0.6 is 11.3 Å². The molecule has 1 heterocycles. The number of benzene rings is 1. The van der Waals surface area contributed by atoms with Crippen molar-refractivity contribution >= 4 is 17.2 Å². The van der Waals surface area contributed by atoms with Gasteiger partial charge < -0.3 is 16.2 Å². The maximum Gasteiger partial charge on any atom is 0.237 e. The molecule has 0 aliphatic heterocycles. The number of amides is 1. The van der Waals surface area contributed by atoms with Gasteiger partial charge in [0.1, 0.15) is 10.8 Å². The molecule has 5 nitrogen and oxygen atoms in total. The molecule has 2 rings (SSSR count). The second-order valence-corrected chi connectivity index (χ2v) is 5.74. The number of carbonyl (C=O) groups excluding carboxylic acids is 1. The average molecular weight is 305 g/mol. The smallest absolute Gasteiger partial charge is 0.237 e. The third kappa shape index (κ3) is 4.27. The lowest BCUT2D eigenvalue weighted by atomic mass is 10.1. The molecule has 21 heavy (non-hydrogen) atoms. The Labute approximate surface area is 127 Å². The predicted molar refractivity (Wildman–Crippen MR) is 83.1 cm³/mol. The van der Waals surface area contributed by atoms with E-state index in [4.69, 9.17) is 5.73 Å². The van der Waals surface area contributed by atoms with E-state index in [0.717, 1.165) is 17.0 Å². The number of carbonyl (C=O) groups is 1. The Balaban J connectivity index is 1.94. The summed E-state index contributed by atoms with van der Waals surface area (Å²) in [6, 6.07) is 5.99. The topological polar surface area (TPSA) is 88.2 Å². The van der Waals surface area contributed by atoms with Gasteiger partial charge in [0.25, 0.3) is 0 Å². The van der Waals surface area contributed by atoms with E-state index in [-0.39, 0.29) is 17.7 Å². The van der Waals surface area contributed by atoms with Gasteiger partial charge in [-0.15, -0.1) is 11.3 Å². The predicted octanol–water partition coefficient (Wildman–Crippen LogP) is 1.99. The number of rotatable bonds is 6. The Morgan fingerprint density at radius 1 is 1.43 bits per heavy atom. The SMILES string of the molecule is CCC(NC(=O)[C@@H](N)Cc1ccc(O)cc1)c1nccs1. The maximum absolute atomic E-state index is 12.2. The van der Waals surface area contributed by atoms with Crippen LogP contribution in [0.4, 0.5) is 0 Å². The first-order valence-electron chi connectivity index (χ1n) is 6.83. The van der Waals surface area contributed by atoms with Gasteiger partial charge >= 0.3 is 0 Å². The molecule has 2 atom stereocenters. The number of phenols is 1. The summed E-state index contributed by atoms with van der Waals surface area (Å²) in [5.74, 6) is 0.0108. The highest BCUT2D eigenvalue weighted by Crippen LogP contribution is 2.19. The summed E-state index contributed by atoms with van der Waals surface area (Å²) in [5, 5.41) is 15.0. The quantitative estimate of drug-likeness (QED) is 0.761. The summed E-state index contributed by atoms with van der Waals surface area (Å²) >= 11 is 1.52. The molecule has 4 N–H and O–H groups in total. The Bertz CT molecular complexity index is 569. The fourth-order valence-corrected chi connectivity index (χ4v) is 2.78. The minimum atomic E-state index is -0.622. The highest BCUT2D eigenvalue weighted by Gasteiger charge is 2.20. The average Bonchev–Trinajstić information content (AvgIpc) is 3.01. The molecule has 1 aromatic carbocycles. The molecule has 0 bridgehead atoms. The third-order valence-corrected chi connectivity index (χ3v) is 4.09. The molecule has 2 aromatic rings. The van der Waals surface area contributed by atoms with Gasteiger partial charge in [0.15, 0.2) is 0 Å². The first-order chi connectivity index (χ1) is 10.1. The molecule has 0 spiro atoms. The van der Waals surface area contributed by atoms with Crippen LogP contribution in [0, 0.1) is 0 Å². The number of aromatic nitrogens is 1. The van der Waals surface area contributed by atoms with Crippen molar-refractivity contribution in [2.45, 2.75) is 31.8 Å². The molecular formula is C15H19N3O2S. The van der Waals surface area contributed by atoms with Crippen molar-refractivity contribution in [3.05, 3.63) is 46.4 Å². The van der Waals surface area contributed by atoms with E-state index in [2.05, 4.69) is 10.3 Å². The number of hydrogen-bond acceptors (Lipinski definition) is 5. The van der Waals surface area contributed by atoms with E-state index in [0.29, 0.717) is 6.42 Å². The zero-order valence-corrected chi connectivity index (χ0v) is 12.6. The summed E-state index contributed by atoms with van der Waals surface area (Å²) < 4.78 is 0. The second kappa shape index (κ2) is 7.19. The molecule has 0 fully saturated rings. The van der Waals surface area contributed by atoms with Gasteiger partial charge in [-0.05, 0) is 30.5 Å². The van der Waals surface area contributed by atoms with Crippen LogP contribution in [0.25, 0.3) is 0 Å². The number of hydrogen-bond donors (Lipinski definition) is 3. The minimum absolute atomic E-state index is 0.0941. The van der Waals surface area contributed by atoms with Crippen LogP contribution in [-0.2, 0) is 11.2 Å². The molecule has 1 aromatic heterocycles. The fraction of sp³-hybridized carbons (Fsp3) is 0.333. The molecule has 1 unspecified atom stereocenters. The minimum Gasteiger partial charge on any atom is -0.508 e. The number of nitrogens with zero attached hydrogens (tertiary/aromatic N) is 1. The lowest BCUT2D eigenvalue weighted by molar-refractivity contribution is -0.123. The molecule has 6 heteroatoms. The molecule has 0 aliphatic rings. The maximum atomic E-state index is 12.2. The van der Waals surface area contributed by atoms with Crippen LogP contribution in [0.5, 0.6) is 5.75 Å². The summed E-state index contributed by atoms with van der Waals surface area (Å²) in [6.07, 6.45) is 2.93. The zero-order valence-electron chi connectivity index (χ0n) is 11.8. The molecule has 0 radical (unpaired) electrons. The molecule has 0 aliphatic carbocycles. The van der Waals surface area contributed by atoms with E-state index in [1.165, 1.54) is 11.3 Å². The van der Waals surface area contributed by atoms with Gasteiger partial charge in [0.2, 0.25) is 5.91 Å². The van der Waals surface area contributed by atoms with Gasteiger partial charge in [-0.2, -0.15) is 0 Å². The van der Waals surface area contributed by atoms with Crippen LogP contribution in [-0.4, -0.2) is 22.0 Å². The van der Waals surface area contributed by atoms with Crippen molar-refractivity contribution in [3.8, 4) is 5.75 Å². The van der Waals surface area contributed by atoms with Crippen LogP contribution in [0.1, 0.15) is 30.0 Å². The summed E-state index contributed by atoms with van der Waals surface area (Å²) in [7, 11) is 0. The van der Waals surface area contributed by atoms with Crippen molar-refractivity contribution < 1.29 is 9.90 Å². The molecular weight excluding hydrogens is 286 g/mol. The molecule has 0 saturated carbocycles. The number of nitrogens with two attached hydrogens (primary N) is 1. The number of nitrogens with one attached hydrogen (secondary N) is 1. The number of phenolic OH excluding ortho intramolecular Hbond substituents is 1. The standard InChI is InChI=1S/C15H19N3O2S/c1-2-13(15-17-7-8-21-15)18-14(20)12(16)9-10-3-5-11(19)6-4-10/h3-8,12-13,19H,2,9,16H2,1H3,(H,18,20)/t12-,13?/m0/s1. The van der Waals surface area contributed by atoms with Crippen molar-refractivity contribution in [3.63, 3.8) is 0 Å². The largest absolute Gasteiger partial charge is 0.508 e. The normalized spacial score (nSPS) is 13.6. The third-order valence-electron chi connectivity index (χ3n) is 3.20. The Morgan fingerprint density at radius 3 is 2.71 bits per heavy atom. The fourth-order valence-electron chi connectivity index (χ4n) is 2.00. The second-order valence-electron chi connectivity index (χ2n) is 4.82. The van der Waals surface area contributed by atoms with Gasteiger partial charge in [0.05, 0.1) is 12.1 Å². The van der Waals surface area contributed by atoms with Crippen LogP contribution < -0.4 is 11.1 Å². The van der Waals surface area contributed by atoms with Crippen LogP contribution in [0.15, 0.2) is 35.8 Å². The van der Waals surface area contributed by atoms with Crippen molar-refractivity contribution in [2.24, 2.45) is 5.73 Å². The molecule has 0 saturated heterocycles. The first-order valence-corrected chi connectivity index (χ1v) is 7.71. The summed E-state index contributed by atoms with van der Waals surface area (Å²) in [5.41, 5.74) is 6.87. The van der Waals surface area contributed by atoms with Gasteiger partial charge in [-0.3, -0.25) is 4.79 Å². The molecule has 1 amide bonds. The highest BCUT2D eigenvalue weighted by molar-refractivity contribution is 7.09. The lowest BCUT2D eigenvalue weighted by Crippen LogP contribution is -2.43. The van der Waals surface area contributed by atoms with Crippen molar-refractivity contribution in [1.82, 2.24) is 10.3 Å². The highest BCUT2D eigenvalue weighted by atomic mass is 32.1. The van der Waals surface area contributed by atoms with E-state index in [9.17, 15) is 9.90 Å². The summed E-state index contributed by atoms with van der Waals surface area (Å²) in [4.78, 5) is 16.4. The lowest BCUT2D eigenvalue weighted by Gasteiger charge is -2.18. The number of thiazole rings is 1. The number of aromatic hydroxyl groups is 1. The zero-order chi connectivity index (χ0) is 15.2. The van der Waals surface area contributed by atoms with E-state index < -0.39 is 6.04 Å². The first kappa shape index (κ1) is 15.5. The van der Waals surface area contributed by atoms with Crippen molar-refractivity contribution in [1.29, 1.82) is 0 Å². The monoisotopic (exact) mass is 305 g/mol. The van der Waals surface area contributed by atoms with Crippen LogP contribution in [0.2, 0.25) is 0 Å². The Kier molecular flexibility index (Phi) is 5.30. The van der Waals surface area contributed by atoms with Crippen molar-refractivity contribution in [2.75, 3.05) is 0 Å².